The van der Waals surface area contributed by atoms with Gasteiger partial charge in [-0.1, -0.05) is 6.42 Å². The lowest BCUT2D eigenvalue weighted by molar-refractivity contribution is 0.158. The Kier molecular flexibility index (Phi) is 12.2. The van der Waals surface area contributed by atoms with Crippen LogP contribution in [-0.2, 0) is 0 Å². The van der Waals surface area contributed by atoms with Crippen LogP contribution in [0.4, 0.5) is 0 Å². The summed E-state index contributed by atoms with van der Waals surface area (Å²) in [4.78, 5) is 5.13. The van der Waals surface area contributed by atoms with Crippen LogP contribution in [-0.4, -0.2) is 62.7 Å². The summed E-state index contributed by atoms with van der Waals surface area (Å²) in [5.41, 5.74) is 0. The third kappa shape index (κ3) is 8.03. The minimum atomic E-state index is 0. The third-order valence-electron chi connectivity index (χ3n) is 5.14. The summed E-state index contributed by atoms with van der Waals surface area (Å²) in [5, 5.41) is 3.46. The third-order valence-corrected chi connectivity index (χ3v) is 5.14. The first-order valence-corrected chi connectivity index (χ1v) is 8.35. The first kappa shape index (κ1) is 21.5. The molecule has 1 atom stereocenters. The number of nitrogens with zero attached hydrogens (tertiary/aromatic N) is 2. The quantitative estimate of drug-likeness (QED) is 0.802. The first-order chi connectivity index (χ1) is 9.25. The summed E-state index contributed by atoms with van der Waals surface area (Å²) in [6, 6.07) is 0.843. The van der Waals surface area contributed by atoms with Crippen molar-refractivity contribution in [2.75, 3.05) is 46.8 Å². The van der Waals surface area contributed by atoms with Gasteiger partial charge in [0.15, 0.2) is 0 Å². The van der Waals surface area contributed by atoms with E-state index in [1.54, 1.807) is 0 Å². The summed E-state index contributed by atoms with van der Waals surface area (Å²) < 4.78 is 0. The normalized spacial score (nSPS) is 24.4. The summed E-state index contributed by atoms with van der Waals surface area (Å²) in [5.74, 6) is 0.973. The molecule has 2 aliphatic rings. The first-order valence-electron chi connectivity index (χ1n) is 8.35. The van der Waals surface area contributed by atoms with Crippen LogP contribution in [0.3, 0.4) is 0 Å². The van der Waals surface area contributed by atoms with E-state index >= 15 is 0 Å². The Hall–Kier alpha value is 0.460. The van der Waals surface area contributed by atoms with E-state index in [4.69, 9.17) is 0 Å². The predicted molar refractivity (Wildman–Crippen MR) is 97.1 cm³/mol. The lowest BCUT2D eigenvalue weighted by Gasteiger charge is -2.33. The highest BCUT2D eigenvalue weighted by molar-refractivity contribution is 5.85. The van der Waals surface area contributed by atoms with Gasteiger partial charge in [-0.25, -0.2) is 0 Å². The Morgan fingerprint density at radius 3 is 2.33 bits per heavy atom. The second kappa shape index (κ2) is 12.0. The van der Waals surface area contributed by atoms with Gasteiger partial charge in [-0.05, 0) is 91.3 Å². The van der Waals surface area contributed by atoms with E-state index in [9.17, 15) is 0 Å². The maximum absolute atomic E-state index is 3.46. The molecule has 0 amide bonds. The molecule has 2 saturated heterocycles. The number of hydrogen-bond donors (Lipinski definition) is 1. The fourth-order valence-corrected chi connectivity index (χ4v) is 3.56. The molecule has 2 heterocycles. The molecule has 1 unspecified atom stereocenters. The van der Waals surface area contributed by atoms with Crippen molar-refractivity contribution in [1.29, 1.82) is 0 Å². The molecular formula is C16H35Cl2N3. The van der Waals surface area contributed by atoms with Crippen molar-refractivity contribution in [3.05, 3.63) is 0 Å². The Labute approximate surface area is 144 Å². The SMILES string of the molecule is CN(CCC1CCNCC1)CCC1CCCCN1C.Cl.Cl. The van der Waals surface area contributed by atoms with Gasteiger partial charge in [0.05, 0.1) is 0 Å². The zero-order valence-electron chi connectivity index (χ0n) is 13.9. The molecule has 0 aromatic rings. The standard InChI is InChI=1S/C16H33N3.2ClH/c1-18(13-8-15-6-10-17-11-7-15)14-9-16-5-3-4-12-19(16)2;;/h15-17H,3-14H2,1-2H3;2*1H. The van der Waals surface area contributed by atoms with Gasteiger partial charge in [0.2, 0.25) is 0 Å². The van der Waals surface area contributed by atoms with Crippen molar-refractivity contribution < 1.29 is 0 Å². The smallest absolute Gasteiger partial charge is 0.0104 e. The molecule has 0 saturated carbocycles. The largest absolute Gasteiger partial charge is 0.317 e. The lowest BCUT2D eigenvalue weighted by Crippen LogP contribution is -2.38. The molecule has 21 heavy (non-hydrogen) atoms. The molecule has 128 valence electrons. The van der Waals surface area contributed by atoms with Gasteiger partial charge in [-0.3, -0.25) is 0 Å². The number of likely N-dealkylation sites (tertiary alicyclic amines) is 1. The van der Waals surface area contributed by atoms with E-state index in [-0.39, 0.29) is 24.8 Å². The van der Waals surface area contributed by atoms with Gasteiger partial charge in [0.1, 0.15) is 0 Å². The highest BCUT2D eigenvalue weighted by Crippen LogP contribution is 2.19. The van der Waals surface area contributed by atoms with Gasteiger partial charge in [-0.15, -0.1) is 24.8 Å². The average Bonchev–Trinajstić information content (AvgIpc) is 2.45. The maximum atomic E-state index is 3.46. The molecule has 2 rings (SSSR count). The molecule has 0 aliphatic carbocycles. The van der Waals surface area contributed by atoms with E-state index in [0.717, 1.165) is 12.0 Å². The Morgan fingerprint density at radius 2 is 1.67 bits per heavy atom. The van der Waals surface area contributed by atoms with Crippen molar-refractivity contribution in [2.24, 2.45) is 5.92 Å². The van der Waals surface area contributed by atoms with Crippen LogP contribution in [0.5, 0.6) is 0 Å². The Bertz CT molecular complexity index is 248. The number of hydrogen-bond acceptors (Lipinski definition) is 3. The van der Waals surface area contributed by atoms with Crippen molar-refractivity contribution in [2.45, 2.75) is 51.0 Å². The van der Waals surface area contributed by atoms with E-state index in [2.05, 4.69) is 29.2 Å². The lowest BCUT2D eigenvalue weighted by atomic mass is 9.94. The van der Waals surface area contributed by atoms with E-state index in [1.165, 1.54) is 77.7 Å². The molecule has 2 fully saturated rings. The Morgan fingerprint density at radius 1 is 1.00 bits per heavy atom. The van der Waals surface area contributed by atoms with Crippen molar-refractivity contribution >= 4 is 24.8 Å². The van der Waals surface area contributed by atoms with Gasteiger partial charge >= 0.3 is 0 Å². The number of rotatable bonds is 6. The monoisotopic (exact) mass is 339 g/mol. The Balaban J connectivity index is 0.00000200. The van der Waals surface area contributed by atoms with E-state index in [1.807, 2.05) is 0 Å². The van der Waals surface area contributed by atoms with E-state index in [0.29, 0.717) is 0 Å². The summed E-state index contributed by atoms with van der Waals surface area (Å²) in [6.45, 7) is 6.35. The van der Waals surface area contributed by atoms with Crippen LogP contribution < -0.4 is 5.32 Å². The van der Waals surface area contributed by atoms with Gasteiger partial charge in [0, 0.05) is 6.04 Å². The highest BCUT2D eigenvalue weighted by atomic mass is 35.5. The number of nitrogens with one attached hydrogen (secondary N) is 1. The predicted octanol–water partition coefficient (Wildman–Crippen LogP) is 3.03. The second-order valence-electron chi connectivity index (χ2n) is 6.70. The molecule has 0 aromatic carbocycles. The molecule has 0 bridgehead atoms. The van der Waals surface area contributed by atoms with Crippen molar-refractivity contribution in [3.8, 4) is 0 Å². The summed E-state index contributed by atoms with van der Waals surface area (Å²) in [6.07, 6.45) is 9.79. The average molecular weight is 340 g/mol. The van der Waals surface area contributed by atoms with Crippen LogP contribution in [0.2, 0.25) is 0 Å². The van der Waals surface area contributed by atoms with Crippen molar-refractivity contribution in [1.82, 2.24) is 15.1 Å². The number of piperidine rings is 2. The van der Waals surface area contributed by atoms with Gasteiger partial charge in [-0.2, -0.15) is 0 Å². The molecule has 3 nitrogen and oxygen atoms in total. The fraction of sp³-hybridized carbons (Fsp3) is 1.00. The molecule has 0 aromatic heterocycles. The summed E-state index contributed by atoms with van der Waals surface area (Å²) >= 11 is 0. The summed E-state index contributed by atoms with van der Waals surface area (Å²) in [7, 11) is 4.61. The van der Waals surface area contributed by atoms with Crippen LogP contribution in [0, 0.1) is 5.92 Å². The van der Waals surface area contributed by atoms with Crippen LogP contribution in [0.1, 0.15) is 44.9 Å². The zero-order valence-corrected chi connectivity index (χ0v) is 15.5. The molecule has 0 spiro atoms. The van der Waals surface area contributed by atoms with Crippen LogP contribution >= 0.6 is 24.8 Å². The molecule has 0 radical (unpaired) electrons. The molecule has 5 heteroatoms. The molecular weight excluding hydrogens is 305 g/mol. The van der Waals surface area contributed by atoms with Crippen LogP contribution in [0.25, 0.3) is 0 Å². The van der Waals surface area contributed by atoms with Gasteiger partial charge in [0.25, 0.3) is 0 Å². The highest BCUT2D eigenvalue weighted by Gasteiger charge is 2.19. The number of halogens is 2. The minimum absolute atomic E-state index is 0. The second-order valence-corrected chi connectivity index (χ2v) is 6.70. The van der Waals surface area contributed by atoms with Gasteiger partial charge < -0.3 is 15.1 Å². The van der Waals surface area contributed by atoms with E-state index < -0.39 is 0 Å². The zero-order chi connectivity index (χ0) is 13.5. The maximum Gasteiger partial charge on any atom is 0.0104 e. The molecule has 2 aliphatic heterocycles. The van der Waals surface area contributed by atoms with Crippen LogP contribution in [0.15, 0.2) is 0 Å². The van der Waals surface area contributed by atoms with Crippen molar-refractivity contribution in [3.63, 3.8) is 0 Å². The topological polar surface area (TPSA) is 18.5 Å². The fourth-order valence-electron chi connectivity index (χ4n) is 3.56. The molecule has 1 N–H and O–H groups in total. The minimum Gasteiger partial charge on any atom is -0.317 e.